The molecule has 9 nitrogen and oxygen atoms in total. The molecule has 0 aromatic carbocycles. The predicted molar refractivity (Wildman–Crippen MR) is 211 cm³/mol. The van der Waals surface area contributed by atoms with E-state index in [1.165, 1.54) is 89.9 Å². The third-order valence-electron chi connectivity index (χ3n) is 8.57. The lowest BCUT2D eigenvalue weighted by Gasteiger charge is -2.15. The van der Waals surface area contributed by atoms with Gasteiger partial charge in [-0.2, -0.15) is 0 Å². The summed E-state index contributed by atoms with van der Waals surface area (Å²) < 4.78 is 26.8. The third-order valence-corrected chi connectivity index (χ3v) is 9.56. The Kier molecular flexibility index (Phi) is 36.7. The van der Waals surface area contributed by atoms with Crippen LogP contribution < -0.4 is 5.32 Å². The van der Waals surface area contributed by atoms with Crippen molar-refractivity contribution >= 4 is 19.7 Å². The topological polar surface area (TPSA) is 131 Å². The monoisotopic (exact) mass is 742 g/mol. The number of aliphatic hydroxyl groups excluding tert-OH is 1. The quantitative estimate of drug-likeness (QED) is 0.0247. The fourth-order valence-electron chi connectivity index (χ4n) is 5.45. The second-order valence-corrected chi connectivity index (χ2v) is 15.1. The number of nitrogens with one attached hydrogen (secondary N) is 1. The maximum absolute atomic E-state index is 12.0. The summed E-state index contributed by atoms with van der Waals surface area (Å²) in [6.45, 7) is 3.49. The molecule has 0 aromatic rings. The lowest BCUT2D eigenvalue weighted by atomic mass is 10.1. The van der Waals surface area contributed by atoms with Crippen LogP contribution in [-0.2, 0) is 27.9 Å². The van der Waals surface area contributed by atoms with Crippen molar-refractivity contribution in [2.75, 3.05) is 26.4 Å². The molecule has 0 aliphatic carbocycles. The normalized spacial score (nSPS) is 13.7. The number of aliphatic hydroxyl groups is 1. The maximum atomic E-state index is 12.0. The summed E-state index contributed by atoms with van der Waals surface area (Å²) in [4.78, 5) is 33.7. The van der Waals surface area contributed by atoms with Crippen LogP contribution >= 0.6 is 7.82 Å². The molecule has 0 radical (unpaired) electrons. The van der Waals surface area contributed by atoms with Gasteiger partial charge in [0.1, 0.15) is 12.7 Å². The second kappa shape index (κ2) is 38.0. The standard InChI is InChI=1S/C41H76NO8P/c1-3-5-7-9-11-13-14-15-16-17-18-19-20-21-22-23-24-26-28-30-32-34-41(45)48-37-39(43)38-50-51(46,47)49-36-35-42-40(44)33-31-29-27-25-12-10-8-6-4-2/h11,13,15-16,18-19,39,43H,3-10,12,14,17,20-38H2,1-2H3,(H,42,44)(H,46,47)/b13-11-,16-15-,19-18-. The molecule has 51 heavy (non-hydrogen) atoms. The minimum atomic E-state index is -4.41. The largest absolute Gasteiger partial charge is 0.472 e. The van der Waals surface area contributed by atoms with Gasteiger partial charge in [0.2, 0.25) is 5.91 Å². The fraction of sp³-hybridized carbons (Fsp3) is 0.805. The lowest BCUT2D eigenvalue weighted by molar-refractivity contribution is -0.147. The smallest absolute Gasteiger partial charge is 0.463 e. The Labute approximate surface area is 312 Å². The van der Waals surface area contributed by atoms with Crippen molar-refractivity contribution in [2.45, 2.75) is 187 Å². The van der Waals surface area contributed by atoms with E-state index in [-0.39, 0.29) is 32.1 Å². The fourth-order valence-corrected chi connectivity index (χ4v) is 6.20. The summed E-state index contributed by atoms with van der Waals surface area (Å²) in [7, 11) is -4.41. The molecule has 298 valence electrons. The molecule has 1 amide bonds. The van der Waals surface area contributed by atoms with Gasteiger partial charge in [0.15, 0.2) is 0 Å². The number of rotatable bonds is 38. The van der Waals surface area contributed by atoms with Gasteiger partial charge >= 0.3 is 13.8 Å². The maximum Gasteiger partial charge on any atom is 0.472 e. The number of carbonyl (C=O) groups excluding carboxylic acids is 2. The van der Waals surface area contributed by atoms with Crippen LogP contribution in [-0.4, -0.2) is 54.3 Å². The molecule has 0 aliphatic rings. The van der Waals surface area contributed by atoms with Gasteiger partial charge in [-0.1, -0.05) is 153 Å². The van der Waals surface area contributed by atoms with E-state index < -0.39 is 26.5 Å². The molecule has 0 heterocycles. The summed E-state index contributed by atoms with van der Waals surface area (Å²) in [5, 5.41) is 12.7. The van der Waals surface area contributed by atoms with Gasteiger partial charge in [-0.15, -0.1) is 0 Å². The zero-order valence-electron chi connectivity index (χ0n) is 32.5. The molecule has 0 saturated carbocycles. The second-order valence-electron chi connectivity index (χ2n) is 13.6. The van der Waals surface area contributed by atoms with E-state index in [2.05, 4.69) is 55.6 Å². The molecule has 2 atom stereocenters. The number of phosphoric ester groups is 1. The van der Waals surface area contributed by atoms with E-state index in [0.717, 1.165) is 64.2 Å². The first-order valence-corrected chi connectivity index (χ1v) is 22.0. The van der Waals surface area contributed by atoms with Crippen LogP contribution in [0, 0.1) is 0 Å². The highest BCUT2D eigenvalue weighted by Gasteiger charge is 2.23. The number of hydrogen-bond donors (Lipinski definition) is 3. The van der Waals surface area contributed by atoms with Crippen molar-refractivity contribution in [3.05, 3.63) is 36.5 Å². The van der Waals surface area contributed by atoms with Crippen LogP contribution in [0.15, 0.2) is 36.5 Å². The van der Waals surface area contributed by atoms with Crippen molar-refractivity contribution in [1.29, 1.82) is 0 Å². The van der Waals surface area contributed by atoms with Crippen molar-refractivity contribution < 1.29 is 37.9 Å². The Balaban J connectivity index is 3.61. The van der Waals surface area contributed by atoms with Crippen molar-refractivity contribution in [3.63, 3.8) is 0 Å². The molecule has 3 N–H and O–H groups in total. The van der Waals surface area contributed by atoms with Crippen LogP contribution in [0.4, 0.5) is 0 Å². The van der Waals surface area contributed by atoms with Crippen LogP contribution in [0.5, 0.6) is 0 Å². The van der Waals surface area contributed by atoms with Crippen LogP contribution in [0.1, 0.15) is 181 Å². The summed E-state index contributed by atoms with van der Waals surface area (Å²) in [5.41, 5.74) is 0. The van der Waals surface area contributed by atoms with Gasteiger partial charge in [0.05, 0.1) is 13.2 Å². The lowest BCUT2D eigenvalue weighted by Crippen LogP contribution is -2.27. The molecular formula is C41H76NO8P. The number of phosphoric acid groups is 1. The molecule has 2 unspecified atom stereocenters. The molecule has 0 spiro atoms. The zero-order chi connectivity index (χ0) is 37.5. The highest BCUT2D eigenvalue weighted by molar-refractivity contribution is 7.47. The molecule has 0 bridgehead atoms. The SMILES string of the molecule is CCCCC/C=C\C/C=C\C/C=C\CCCCCCCCCCC(=O)OCC(O)COP(=O)(O)OCCNC(=O)CCCCCCCCCCC. The number of ether oxygens (including phenoxy) is 1. The Bertz CT molecular complexity index is 939. The molecule has 0 aromatic heterocycles. The summed E-state index contributed by atoms with van der Waals surface area (Å²) in [5.74, 6) is -0.526. The first kappa shape index (κ1) is 49.2. The van der Waals surface area contributed by atoms with Crippen molar-refractivity contribution in [2.24, 2.45) is 0 Å². The highest BCUT2D eigenvalue weighted by Crippen LogP contribution is 2.42. The van der Waals surface area contributed by atoms with E-state index in [9.17, 15) is 24.2 Å². The first-order valence-electron chi connectivity index (χ1n) is 20.5. The van der Waals surface area contributed by atoms with E-state index in [4.69, 9.17) is 13.8 Å². The first-order chi connectivity index (χ1) is 24.8. The van der Waals surface area contributed by atoms with Crippen LogP contribution in [0.25, 0.3) is 0 Å². The molecule has 0 fully saturated rings. The van der Waals surface area contributed by atoms with Crippen molar-refractivity contribution in [3.8, 4) is 0 Å². The number of carbonyl (C=O) groups is 2. The Morgan fingerprint density at radius 2 is 1.06 bits per heavy atom. The van der Waals surface area contributed by atoms with Gasteiger partial charge in [0.25, 0.3) is 0 Å². The minimum Gasteiger partial charge on any atom is -0.463 e. The third kappa shape index (κ3) is 39.3. The molecular weight excluding hydrogens is 665 g/mol. The Morgan fingerprint density at radius 3 is 1.63 bits per heavy atom. The number of allylic oxidation sites excluding steroid dienone is 6. The van der Waals surface area contributed by atoms with Gasteiger partial charge < -0.3 is 20.1 Å². The van der Waals surface area contributed by atoms with Gasteiger partial charge in [-0.05, 0) is 51.4 Å². The number of unbranched alkanes of at least 4 members (excludes halogenated alkanes) is 19. The van der Waals surface area contributed by atoms with E-state index in [1.807, 2.05) is 0 Å². The molecule has 0 saturated heterocycles. The highest BCUT2D eigenvalue weighted by atomic mass is 31.2. The molecule has 0 rings (SSSR count). The van der Waals surface area contributed by atoms with E-state index in [1.54, 1.807) is 0 Å². The van der Waals surface area contributed by atoms with Gasteiger partial charge in [-0.3, -0.25) is 18.6 Å². The van der Waals surface area contributed by atoms with Gasteiger partial charge in [-0.25, -0.2) is 4.57 Å². The average molecular weight is 742 g/mol. The number of esters is 1. The Morgan fingerprint density at radius 1 is 0.608 bits per heavy atom. The summed E-state index contributed by atoms with van der Waals surface area (Å²) in [6, 6.07) is 0. The van der Waals surface area contributed by atoms with Crippen LogP contribution in [0.3, 0.4) is 0 Å². The van der Waals surface area contributed by atoms with Gasteiger partial charge in [0, 0.05) is 19.4 Å². The van der Waals surface area contributed by atoms with Crippen molar-refractivity contribution in [1.82, 2.24) is 5.32 Å². The molecule has 0 aliphatic heterocycles. The summed E-state index contributed by atoms with van der Waals surface area (Å²) in [6.07, 6.45) is 40.8. The number of hydrogen-bond acceptors (Lipinski definition) is 7. The average Bonchev–Trinajstić information content (AvgIpc) is 3.11. The number of amides is 1. The Hall–Kier alpha value is -1.77. The zero-order valence-corrected chi connectivity index (χ0v) is 33.4. The molecule has 10 heteroatoms. The predicted octanol–water partition coefficient (Wildman–Crippen LogP) is 11.0. The van der Waals surface area contributed by atoms with E-state index in [0.29, 0.717) is 6.42 Å². The summed E-state index contributed by atoms with van der Waals surface area (Å²) >= 11 is 0. The van der Waals surface area contributed by atoms with E-state index >= 15 is 0 Å². The minimum absolute atomic E-state index is 0.0820. The van der Waals surface area contributed by atoms with Crippen LogP contribution in [0.2, 0.25) is 0 Å².